The number of nitrogens with one attached hydrogen (secondary N) is 1. The zero-order valence-electron chi connectivity index (χ0n) is 18.9. The van der Waals surface area contributed by atoms with E-state index in [4.69, 9.17) is 37.1 Å². The molecule has 1 amide bonds. The van der Waals surface area contributed by atoms with Crippen LogP contribution in [0.25, 0.3) is 27.7 Å². The van der Waals surface area contributed by atoms with Gasteiger partial charge in [0, 0.05) is 44.4 Å². The lowest BCUT2D eigenvalue weighted by molar-refractivity contribution is -0.111. The summed E-state index contributed by atoms with van der Waals surface area (Å²) in [7, 11) is 1.63. The lowest BCUT2D eigenvalue weighted by atomic mass is 9.99. The summed E-state index contributed by atoms with van der Waals surface area (Å²) < 4.78 is 16.9. The number of rotatable bonds is 7. The van der Waals surface area contributed by atoms with Gasteiger partial charge in [0.15, 0.2) is 0 Å². The molecule has 1 N–H and O–H groups in total. The molecule has 0 saturated heterocycles. The van der Waals surface area contributed by atoms with Crippen molar-refractivity contribution in [3.8, 4) is 22.6 Å². The summed E-state index contributed by atoms with van der Waals surface area (Å²) >= 11 is 12.1. The summed E-state index contributed by atoms with van der Waals surface area (Å²) in [6.45, 7) is 4.25. The maximum absolute atomic E-state index is 12.7. The number of amides is 1. The number of hydrogen-bond acceptors (Lipinski definition) is 4. The predicted octanol–water partition coefficient (Wildman–Crippen LogP) is 7.86. The van der Waals surface area contributed by atoms with Crippen LogP contribution >= 0.6 is 23.2 Å². The highest BCUT2D eigenvalue weighted by atomic mass is 35.5. The Morgan fingerprint density at radius 1 is 1.06 bits per heavy atom. The normalized spacial score (nSPS) is 11.5. The molecule has 0 bridgehead atoms. The van der Waals surface area contributed by atoms with E-state index in [2.05, 4.69) is 5.32 Å². The van der Waals surface area contributed by atoms with Crippen LogP contribution in [-0.4, -0.2) is 19.6 Å². The number of anilines is 1. The molecule has 34 heavy (non-hydrogen) atoms. The van der Waals surface area contributed by atoms with E-state index in [-0.39, 0.29) is 5.91 Å². The number of fused-ring (bicyclic) bond motifs is 1. The Hall–Kier alpha value is -3.41. The minimum atomic E-state index is -0.305. The van der Waals surface area contributed by atoms with Crippen molar-refractivity contribution in [1.82, 2.24) is 0 Å². The molecule has 0 aliphatic rings. The van der Waals surface area contributed by atoms with Crippen molar-refractivity contribution in [3.63, 3.8) is 0 Å². The van der Waals surface area contributed by atoms with Crippen molar-refractivity contribution in [2.45, 2.75) is 13.8 Å². The van der Waals surface area contributed by atoms with Crippen LogP contribution in [0.3, 0.4) is 0 Å². The van der Waals surface area contributed by atoms with Crippen LogP contribution in [0, 0.1) is 0 Å². The Morgan fingerprint density at radius 3 is 2.41 bits per heavy atom. The monoisotopic (exact) mass is 495 g/mol. The first-order chi connectivity index (χ1) is 16.4. The second-order valence-corrected chi connectivity index (χ2v) is 8.50. The highest BCUT2D eigenvalue weighted by molar-refractivity contribution is 6.35. The van der Waals surface area contributed by atoms with E-state index in [1.165, 1.54) is 6.08 Å². The quantitative estimate of drug-likeness (QED) is 0.265. The number of hydrogen-bond donors (Lipinski definition) is 1. The van der Waals surface area contributed by atoms with E-state index in [0.29, 0.717) is 33.7 Å². The average molecular weight is 496 g/mol. The van der Waals surface area contributed by atoms with Gasteiger partial charge in [0.2, 0.25) is 5.91 Å². The van der Waals surface area contributed by atoms with Crippen LogP contribution in [0.15, 0.2) is 71.4 Å². The Balaban J connectivity index is 1.71. The summed E-state index contributed by atoms with van der Waals surface area (Å²) in [5, 5.41) is 4.60. The summed E-state index contributed by atoms with van der Waals surface area (Å²) in [4.78, 5) is 12.7. The number of benzene rings is 3. The first-order valence-corrected chi connectivity index (χ1v) is 11.4. The molecule has 4 rings (SSSR count). The van der Waals surface area contributed by atoms with Crippen molar-refractivity contribution >= 4 is 51.3 Å². The van der Waals surface area contributed by atoms with Gasteiger partial charge in [0.05, 0.1) is 20.0 Å². The molecule has 7 heteroatoms. The summed E-state index contributed by atoms with van der Waals surface area (Å²) in [5.41, 5.74) is 4.68. The lowest BCUT2D eigenvalue weighted by Gasteiger charge is -2.12. The van der Waals surface area contributed by atoms with E-state index in [1.807, 2.05) is 50.2 Å². The van der Waals surface area contributed by atoms with Crippen molar-refractivity contribution in [1.29, 1.82) is 0 Å². The molecule has 174 valence electrons. The first kappa shape index (κ1) is 23.7. The number of halogens is 2. The molecular weight excluding hydrogens is 473 g/mol. The standard InChI is InChI=1S/C27H23Cl2NO4/c1-4-33-25-14-26-23(24(15-34-26)17-5-7-21(32-3)8-6-17)13-22(25)16(2)9-27(31)30-20-11-18(28)10-19(29)12-20/h5-15H,4H2,1-3H3,(H,30,31)/b16-9+. The molecule has 5 nitrogen and oxygen atoms in total. The van der Waals surface area contributed by atoms with Gasteiger partial charge in [0.25, 0.3) is 0 Å². The second kappa shape index (κ2) is 10.2. The minimum absolute atomic E-state index is 0.305. The van der Waals surface area contributed by atoms with Crippen molar-refractivity contribution in [3.05, 3.63) is 82.5 Å². The maximum atomic E-state index is 12.7. The zero-order chi connectivity index (χ0) is 24.2. The molecular formula is C27H23Cl2NO4. The number of carbonyl (C=O) groups is 1. The first-order valence-electron chi connectivity index (χ1n) is 10.7. The predicted molar refractivity (Wildman–Crippen MR) is 138 cm³/mol. The molecule has 0 spiro atoms. The summed E-state index contributed by atoms with van der Waals surface area (Å²) in [6.07, 6.45) is 3.24. The van der Waals surface area contributed by atoms with Crippen LogP contribution in [0.2, 0.25) is 10.0 Å². The van der Waals surface area contributed by atoms with Gasteiger partial charge in [-0.15, -0.1) is 0 Å². The summed E-state index contributed by atoms with van der Waals surface area (Å²) in [5.74, 6) is 1.11. The van der Waals surface area contributed by atoms with Gasteiger partial charge in [-0.2, -0.15) is 0 Å². The molecule has 1 aromatic heterocycles. The topological polar surface area (TPSA) is 60.7 Å². The zero-order valence-corrected chi connectivity index (χ0v) is 20.5. The van der Waals surface area contributed by atoms with Crippen LogP contribution in [0.1, 0.15) is 19.4 Å². The van der Waals surface area contributed by atoms with Gasteiger partial charge in [-0.3, -0.25) is 4.79 Å². The molecule has 0 unspecified atom stereocenters. The molecule has 0 radical (unpaired) electrons. The Bertz CT molecular complexity index is 1350. The molecule has 3 aromatic carbocycles. The van der Waals surface area contributed by atoms with Crippen molar-refractivity contribution in [2.24, 2.45) is 0 Å². The van der Waals surface area contributed by atoms with E-state index < -0.39 is 0 Å². The lowest BCUT2D eigenvalue weighted by Crippen LogP contribution is -2.08. The van der Waals surface area contributed by atoms with E-state index >= 15 is 0 Å². The van der Waals surface area contributed by atoms with Crippen LogP contribution in [0.5, 0.6) is 11.5 Å². The minimum Gasteiger partial charge on any atom is -0.497 e. The fourth-order valence-corrected chi connectivity index (χ4v) is 4.24. The van der Waals surface area contributed by atoms with Gasteiger partial charge in [-0.05, 0) is 61.4 Å². The van der Waals surface area contributed by atoms with Crippen molar-refractivity contribution in [2.75, 3.05) is 19.0 Å². The number of methoxy groups -OCH3 is 1. The van der Waals surface area contributed by atoms with E-state index in [9.17, 15) is 4.79 Å². The molecule has 0 aliphatic carbocycles. The highest BCUT2D eigenvalue weighted by Gasteiger charge is 2.15. The third-order valence-electron chi connectivity index (χ3n) is 5.28. The number of allylic oxidation sites excluding steroid dienone is 1. The summed E-state index contributed by atoms with van der Waals surface area (Å²) in [6, 6.07) is 16.5. The third-order valence-corrected chi connectivity index (χ3v) is 5.72. The Labute approximate surface area is 207 Å². The molecule has 0 fully saturated rings. The van der Waals surface area contributed by atoms with Gasteiger partial charge in [-0.1, -0.05) is 35.3 Å². The highest BCUT2D eigenvalue weighted by Crippen LogP contribution is 2.38. The molecule has 4 aromatic rings. The number of ether oxygens (including phenoxy) is 2. The number of furan rings is 1. The SMILES string of the molecule is CCOc1cc2occ(-c3ccc(OC)cc3)c2cc1/C(C)=C/C(=O)Nc1cc(Cl)cc(Cl)c1. The van der Waals surface area contributed by atoms with Gasteiger partial charge in [0.1, 0.15) is 17.1 Å². The van der Waals surface area contributed by atoms with Gasteiger partial charge < -0.3 is 19.2 Å². The van der Waals surface area contributed by atoms with Gasteiger partial charge in [-0.25, -0.2) is 0 Å². The molecule has 0 saturated carbocycles. The molecule has 0 aliphatic heterocycles. The fourth-order valence-electron chi connectivity index (χ4n) is 3.71. The smallest absolute Gasteiger partial charge is 0.248 e. The number of carbonyl (C=O) groups excluding carboxylic acids is 1. The van der Waals surface area contributed by atoms with E-state index in [1.54, 1.807) is 31.6 Å². The van der Waals surface area contributed by atoms with Crippen LogP contribution in [-0.2, 0) is 4.79 Å². The fraction of sp³-hybridized carbons (Fsp3) is 0.148. The van der Waals surface area contributed by atoms with Crippen LogP contribution < -0.4 is 14.8 Å². The Morgan fingerprint density at radius 2 is 1.76 bits per heavy atom. The second-order valence-electron chi connectivity index (χ2n) is 7.63. The Kier molecular flexibility index (Phi) is 7.15. The van der Waals surface area contributed by atoms with Crippen LogP contribution in [0.4, 0.5) is 5.69 Å². The van der Waals surface area contributed by atoms with Crippen molar-refractivity contribution < 1.29 is 18.7 Å². The third kappa shape index (κ3) is 5.22. The van der Waals surface area contributed by atoms with E-state index in [0.717, 1.165) is 33.4 Å². The largest absolute Gasteiger partial charge is 0.497 e. The van der Waals surface area contributed by atoms with Gasteiger partial charge >= 0.3 is 0 Å². The molecule has 0 atom stereocenters. The molecule has 1 heterocycles. The maximum Gasteiger partial charge on any atom is 0.248 e. The average Bonchev–Trinajstić information content (AvgIpc) is 3.20.